The molecule has 0 aliphatic carbocycles. The van der Waals surface area contributed by atoms with Crippen LogP contribution in [0.1, 0.15) is 29.7 Å². The molecular weight excluding hydrogens is 258 g/mol. The van der Waals surface area contributed by atoms with E-state index in [1.165, 1.54) is 5.56 Å². The van der Waals surface area contributed by atoms with Gasteiger partial charge in [0.1, 0.15) is 12.4 Å². The molecule has 2 rings (SSSR count). The van der Waals surface area contributed by atoms with Gasteiger partial charge in [-0.3, -0.25) is 0 Å². The lowest BCUT2D eigenvalue weighted by Gasteiger charge is -2.15. The maximum absolute atomic E-state index is 5.98. The molecule has 2 aromatic carbocycles. The molecule has 0 aliphatic heterocycles. The Morgan fingerprint density at radius 3 is 2.68 bits per heavy atom. The molecule has 0 bridgehead atoms. The van der Waals surface area contributed by atoms with Gasteiger partial charge in [-0.15, -0.1) is 0 Å². The SMILES string of the molecule is Cc1ccc(OCc2cccc(Cl)c2)c(C(C)N)c1. The second-order valence-electron chi connectivity index (χ2n) is 4.75. The Morgan fingerprint density at radius 2 is 2.00 bits per heavy atom. The summed E-state index contributed by atoms with van der Waals surface area (Å²) in [6, 6.07) is 13.7. The number of halogens is 1. The molecule has 19 heavy (non-hydrogen) atoms. The highest BCUT2D eigenvalue weighted by atomic mass is 35.5. The van der Waals surface area contributed by atoms with E-state index in [2.05, 4.69) is 6.07 Å². The Labute approximate surface area is 119 Å². The first-order valence-corrected chi connectivity index (χ1v) is 6.67. The number of rotatable bonds is 4. The minimum Gasteiger partial charge on any atom is -0.489 e. The summed E-state index contributed by atoms with van der Waals surface area (Å²) in [7, 11) is 0. The maximum atomic E-state index is 5.98. The fourth-order valence-electron chi connectivity index (χ4n) is 1.94. The van der Waals surface area contributed by atoms with Crippen molar-refractivity contribution in [3.05, 3.63) is 64.2 Å². The van der Waals surface area contributed by atoms with Crippen molar-refractivity contribution in [1.29, 1.82) is 0 Å². The minimum absolute atomic E-state index is 0.0470. The summed E-state index contributed by atoms with van der Waals surface area (Å²) >= 11 is 5.95. The number of ether oxygens (including phenoxy) is 1. The second-order valence-corrected chi connectivity index (χ2v) is 5.18. The van der Waals surface area contributed by atoms with Crippen LogP contribution < -0.4 is 10.5 Å². The van der Waals surface area contributed by atoms with Gasteiger partial charge in [0.25, 0.3) is 0 Å². The van der Waals surface area contributed by atoms with E-state index in [0.717, 1.165) is 21.9 Å². The summed E-state index contributed by atoms with van der Waals surface area (Å²) in [5.74, 6) is 0.834. The van der Waals surface area contributed by atoms with Crippen molar-refractivity contribution in [3.63, 3.8) is 0 Å². The molecule has 0 aromatic heterocycles. The number of benzene rings is 2. The molecule has 2 aromatic rings. The summed E-state index contributed by atoms with van der Waals surface area (Å²) in [6.07, 6.45) is 0. The normalized spacial score (nSPS) is 12.2. The highest BCUT2D eigenvalue weighted by Gasteiger charge is 2.08. The quantitative estimate of drug-likeness (QED) is 0.905. The van der Waals surface area contributed by atoms with E-state index in [-0.39, 0.29) is 6.04 Å². The molecule has 2 nitrogen and oxygen atoms in total. The van der Waals surface area contributed by atoms with Gasteiger partial charge in [0.05, 0.1) is 0 Å². The molecule has 0 fully saturated rings. The van der Waals surface area contributed by atoms with E-state index in [1.807, 2.05) is 50.2 Å². The third-order valence-corrected chi connectivity index (χ3v) is 3.17. The molecule has 0 saturated carbocycles. The predicted octanol–water partition coefficient (Wildman–Crippen LogP) is 4.25. The zero-order valence-electron chi connectivity index (χ0n) is 11.2. The highest BCUT2D eigenvalue weighted by Crippen LogP contribution is 2.26. The monoisotopic (exact) mass is 275 g/mol. The van der Waals surface area contributed by atoms with Gasteiger partial charge in [0, 0.05) is 16.6 Å². The van der Waals surface area contributed by atoms with Gasteiger partial charge in [0.15, 0.2) is 0 Å². The van der Waals surface area contributed by atoms with Crippen LogP contribution >= 0.6 is 11.6 Å². The lowest BCUT2D eigenvalue weighted by molar-refractivity contribution is 0.301. The van der Waals surface area contributed by atoms with Crippen LogP contribution in [-0.2, 0) is 6.61 Å². The number of nitrogens with two attached hydrogens (primary N) is 1. The Morgan fingerprint density at radius 1 is 1.21 bits per heavy atom. The summed E-state index contributed by atoms with van der Waals surface area (Å²) in [6.45, 7) is 4.50. The smallest absolute Gasteiger partial charge is 0.124 e. The van der Waals surface area contributed by atoms with Crippen LogP contribution in [0.25, 0.3) is 0 Å². The van der Waals surface area contributed by atoms with Crippen molar-refractivity contribution in [1.82, 2.24) is 0 Å². The number of aryl methyl sites for hydroxylation is 1. The summed E-state index contributed by atoms with van der Waals surface area (Å²) in [4.78, 5) is 0. The van der Waals surface area contributed by atoms with Gasteiger partial charge in [-0.2, -0.15) is 0 Å². The molecule has 0 heterocycles. The minimum atomic E-state index is -0.0470. The fourth-order valence-corrected chi connectivity index (χ4v) is 2.16. The molecule has 3 heteroatoms. The van der Waals surface area contributed by atoms with E-state index in [1.54, 1.807) is 0 Å². The third kappa shape index (κ3) is 3.72. The summed E-state index contributed by atoms with van der Waals surface area (Å²) in [5.41, 5.74) is 9.23. The molecular formula is C16H18ClNO. The second kappa shape index (κ2) is 6.09. The standard InChI is InChI=1S/C16H18ClNO/c1-11-6-7-16(15(8-11)12(2)18)19-10-13-4-3-5-14(17)9-13/h3-9,12H,10,18H2,1-2H3. The Bertz CT molecular complexity index is 566. The molecule has 0 amide bonds. The van der Waals surface area contributed by atoms with E-state index in [4.69, 9.17) is 22.1 Å². The van der Waals surface area contributed by atoms with Crippen LogP contribution in [0.2, 0.25) is 5.02 Å². The van der Waals surface area contributed by atoms with Gasteiger partial charge < -0.3 is 10.5 Å². The molecule has 2 N–H and O–H groups in total. The van der Waals surface area contributed by atoms with Gasteiger partial charge in [-0.25, -0.2) is 0 Å². The van der Waals surface area contributed by atoms with Crippen LogP contribution in [0.4, 0.5) is 0 Å². The van der Waals surface area contributed by atoms with Crippen molar-refractivity contribution in [2.24, 2.45) is 5.73 Å². The third-order valence-electron chi connectivity index (χ3n) is 2.94. The highest BCUT2D eigenvalue weighted by molar-refractivity contribution is 6.30. The molecule has 0 aliphatic rings. The average Bonchev–Trinajstić information content (AvgIpc) is 2.37. The molecule has 0 radical (unpaired) electrons. The first kappa shape index (κ1) is 13.9. The first-order chi connectivity index (χ1) is 9.06. The molecule has 0 saturated heterocycles. The lowest BCUT2D eigenvalue weighted by Crippen LogP contribution is -2.08. The maximum Gasteiger partial charge on any atom is 0.124 e. The van der Waals surface area contributed by atoms with Crippen molar-refractivity contribution >= 4 is 11.6 Å². The topological polar surface area (TPSA) is 35.2 Å². The van der Waals surface area contributed by atoms with Gasteiger partial charge in [0.2, 0.25) is 0 Å². The van der Waals surface area contributed by atoms with E-state index >= 15 is 0 Å². The van der Waals surface area contributed by atoms with Gasteiger partial charge >= 0.3 is 0 Å². The van der Waals surface area contributed by atoms with Crippen LogP contribution in [0.5, 0.6) is 5.75 Å². The van der Waals surface area contributed by atoms with E-state index in [9.17, 15) is 0 Å². The van der Waals surface area contributed by atoms with Gasteiger partial charge in [-0.05, 0) is 37.6 Å². The zero-order valence-corrected chi connectivity index (χ0v) is 11.9. The van der Waals surface area contributed by atoms with Crippen LogP contribution in [0.15, 0.2) is 42.5 Å². The molecule has 0 spiro atoms. The van der Waals surface area contributed by atoms with Crippen LogP contribution in [-0.4, -0.2) is 0 Å². The molecule has 1 atom stereocenters. The van der Waals surface area contributed by atoms with Crippen molar-refractivity contribution in [2.75, 3.05) is 0 Å². The Kier molecular flexibility index (Phi) is 4.46. The number of hydrogen-bond acceptors (Lipinski definition) is 2. The number of hydrogen-bond donors (Lipinski definition) is 1. The van der Waals surface area contributed by atoms with Crippen LogP contribution in [0, 0.1) is 6.92 Å². The van der Waals surface area contributed by atoms with Gasteiger partial charge in [-0.1, -0.05) is 41.4 Å². The largest absolute Gasteiger partial charge is 0.489 e. The van der Waals surface area contributed by atoms with Crippen LogP contribution in [0.3, 0.4) is 0 Å². The summed E-state index contributed by atoms with van der Waals surface area (Å²) < 4.78 is 5.86. The van der Waals surface area contributed by atoms with Crippen molar-refractivity contribution in [2.45, 2.75) is 26.5 Å². The fraction of sp³-hybridized carbons (Fsp3) is 0.250. The van der Waals surface area contributed by atoms with E-state index in [0.29, 0.717) is 6.61 Å². The Balaban J connectivity index is 2.15. The average molecular weight is 276 g/mol. The summed E-state index contributed by atoms with van der Waals surface area (Å²) in [5, 5.41) is 0.720. The molecule has 100 valence electrons. The van der Waals surface area contributed by atoms with Crippen molar-refractivity contribution < 1.29 is 4.74 Å². The van der Waals surface area contributed by atoms with E-state index < -0.39 is 0 Å². The predicted molar refractivity (Wildman–Crippen MR) is 79.6 cm³/mol. The lowest BCUT2D eigenvalue weighted by atomic mass is 10.1. The Hall–Kier alpha value is -1.51. The van der Waals surface area contributed by atoms with Crippen molar-refractivity contribution in [3.8, 4) is 5.75 Å². The first-order valence-electron chi connectivity index (χ1n) is 6.29. The zero-order chi connectivity index (χ0) is 13.8. The molecule has 1 unspecified atom stereocenters.